The maximum absolute atomic E-state index is 5.26. The molecule has 1 aromatic heterocycles. The second-order valence-electron chi connectivity index (χ2n) is 4.91. The number of hydrogen-bond donors (Lipinski definition) is 1. The summed E-state index contributed by atoms with van der Waals surface area (Å²) < 4.78 is 5.26. The highest BCUT2D eigenvalue weighted by Gasteiger charge is 2.21. The standard InChI is InChI=1S/C15H17N3O/c1-10-9-11(3-7-14(10)19-2)13-6-8-15(18-17-13)16-12-4-5-12/h3,6-9,12H,4-5H2,1-2H3,(H,16,18). The molecule has 1 saturated carbocycles. The first kappa shape index (κ1) is 12.0. The van der Waals surface area contributed by atoms with Gasteiger partial charge in [0, 0.05) is 11.6 Å². The first-order valence-corrected chi connectivity index (χ1v) is 6.51. The minimum atomic E-state index is 0.600. The summed E-state index contributed by atoms with van der Waals surface area (Å²) in [5.74, 6) is 1.75. The number of aryl methyl sites for hydroxylation is 1. The van der Waals surface area contributed by atoms with Crippen molar-refractivity contribution in [3.8, 4) is 17.0 Å². The van der Waals surface area contributed by atoms with Crippen LogP contribution in [0.5, 0.6) is 5.75 Å². The molecule has 1 aliphatic carbocycles. The summed E-state index contributed by atoms with van der Waals surface area (Å²) in [5, 5.41) is 11.8. The summed E-state index contributed by atoms with van der Waals surface area (Å²) in [6.07, 6.45) is 2.47. The zero-order chi connectivity index (χ0) is 13.2. The smallest absolute Gasteiger partial charge is 0.148 e. The zero-order valence-corrected chi connectivity index (χ0v) is 11.2. The molecule has 0 radical (unpaired) electrons. The van der Waals surface area contributed by atoms with Crippen molar-refractivity contribution >= 4 is 5.82 Å². The normalized spacial score (nSPS) is 14.2. The fourth-order valence-electron chi connectivity index (χ4n) is 2.04. The van der Waals surface area contributed by atoms with Crippen LogP contribution < -0.4 is 10.1 Å². The average Bonchev–Trinajstić information content (AvgIpc) is 3.23. The van der Waals surface area contributed by atoms with E-state index in [1.54, 1.807) is 7.11 Å². The van der Waals surface area contributed by atoms with Crippen LogP contribution in [0.3, 0.4) is 0 Å². The van der Waals surface area contributed by atoms with Crippen LogP contribution in [0, 0.1) is 6.92 Å². The van der Waals surface area contributed by atoms with Gasteiger partial charge in [-0.1, -0.05) is 0 Å². The Bertz CT molecular complexity index is 576. The predicted molar refractivity (Wildman–Crippen MR) is 75.4 cm³/mol. The van der Waals surface area contributed by atoms with Crippen LogP contribution in [-0.2, 0) is 0 Å². The van der Waals surface area contributed by atoms with Gasteiger partial charge in [0.15, 0.2) is 0 Å². The molecule has 0 spiro atoms. The molecule has 0 unspecified atom stereocenters. The largest absolute Gasteiger partial charge is 0.496 e. The molecule has 1 aliphatic rings. The number of nitrogens with zero attached hydrogens (tertiary/aromatic N) is 2. The molecule has 0 bridgehead atoms. The highest BCUT2D eigenvalue weighted by atomic mass is 16.5. The van der Waals surface area contributed by atoms with Crippen LogP contribution in [0.15, 0.2) is 30.3 Å². The monoisotopic (exact) mass is 255 g/mol. The summed E-state index contributed by atoms with van der Waals surface area (Å²) in [7, 11) is 1.68. The van der Waals surface area contributed by atoms with Crippen LogP contribution >= 0.6 is 0 Å². The number of nitrogens with one attached hydrogen (secondary N) is 1. The molecule has 19 heavy (non-hydrogen) atoms. The van der Waals surface area contributed by atoms with Gasteiger partial charge in [-0.2, -0.15) is 0 Å². The zero-order valence-electron chi connectivity index (χ0n) is 11.2. The predicted octanol–water partition coefficient (Wildman–Crippen LogP) is 3.03. The van der Waals surface area contributed by atoms with E-state index in [-0.39, 0.29) is 0 Å². The molecule has 0 aliphatic heterocycles. The first-order chi connectivity index (χ1) is 9.26. The fraction of sp³-hybridized carbons (Fsp3) is 0.333. The molecular formula is C15H17N3O. The van der Waals surface area contributed by atoms with Gasteiger partial charge in [-0.15, -0.1) is 10.2 Å². The van der Waals surface area contributed by atoms with Crippen molar-refractivity contribution in [3.05, 3.63) is 35.9 Å². The molecule has 98 valence electrons. The van der Waals surface area contributed by atoms with E-state index in [9.17, 15) is 0 Å². The van der Waals surface area contributed by atoms with Gasteiger partial charge in [-0.05, 0) is 55.7 Å². The Morgan fingerprint density at radius 1 is 1.16 bits per heavy atom. The molecule has 1 fully saturated rings. The van der Waals surface area contributed by atoms with Gasteiger partial charge in [0.25, 0.3) is 0 Å². The minimum Gasteiger partial charge on any atom is -0.496 e. The lowest BCUT2D eigenvalue weighted by atomic mass is 10.1. The van der Waals surface area contributed by atoms with Crippen molar-refractivity contribution in [2.24, 2.45) is 0 Å². The number of hydrogen-bond acceptors (Lipinski definition) is 4. The van der Waals surface area contributed by atoms with Gasteiger partial charge < -0.3 is 10.1 Å². The Morgan fingerprint density at radius 2 is 2.00 bits per heavy atom. The van der Waals surface area contributed by atoms with Crippen LogP contribution in [0.1, 0.15) is 18.4 Å². The van der Waals surface area contributed by atoms with E-state index in [2.05, 4.69) is 21.6 Å². The average molecular weight is 255 g/mol. The summed E-state index contributed by atoms with van der Waals surface area (Å²) in [5.41, 5.74) is 3.04. The minimum absolute atomic E-state index is 0.600. The number of aromatic nitrogens is 2. The number of rotatable bonds is 4. The molecule has 0 atom stereocenters. The Hall–Kier alpha value is -2.10. The third-order valence-electron chi connectivity index (χ3n) is 3.28. The van der Waals surface area contributed by atoms with E-state index in [0.29, 0.717) is 6.04 Å². The lowest BCUT2D eigenvalue weighted by molar-refractivity contribution is 0.412. The van der Waals surface area contributed by atoms with Gasteiger partial charge in [0.1, 0.15) is 11.6 Å². The van der Waals surface area contributed by atoms with Gasteiger partial charge in [0.05, 0.1) is 12.8 Å². The van der Waals surface area contributed by atoms with Gasteiger partial charge in [-0.25, -0.2) is 0 Å². The number of benzene rings is 1. The van der Waals surface area contributed by atoms with Crippen LogP contribution in [0.25, 0.3) is 11.3 Å². The Labute approximate surface area is 112 Å². The van der Waals surface area contributed by atoms with Crippen molar-refractivity contribution in [2.45, 2.75) is 25.8 Å². The molecule has 0 saturated heterocycles. The van der Waals surface area contributed by atoms with Crippen molar-refractivity contribution in [1.82, 2.24) is 10.2 Å². The SMILES string of the molecule is COc1ccc(-c2ccc(NC3CC3)nn2)cc1C. The quantitative estimate of drug-likeness (QED) is 0.912. The molecule has 3 rings (SSSR count). The molecule has 1 N–H and O–H groups in total. The van der Waals surface area contributed by atoms with Crippen molar-refractivity contribution in [1.29, 1.82) is 0 Å². The van der Waals surface area contributed by atoms with E-state index in [0.717, 1.165) is 28.4 Å². The number of anilines is 1. The number of ether oxygens (including phenoxy) is 1. The summed E-state index contributed by atoms with van der Waals surface area (Å²) in [4.78, 5) is 0. The van der Waals surface area contributed by atoms with Crippen molar-refractivity contribution in [2.75, 3.05) is 12.4 Å². The van der Waals surface area contributed by atoms with E-state index in [4.69, 9.17) is 4.74 Å². The molecule has 0 amide bonds. The van der Waals surface area contributed by atoms with Crippen LogP contribution in [0.2, 0.25) is 0 Å². The summed E-state index contributed by atoms with van der Waals surface area (Å²) >= 11 is 0. The van der Waals surface area contributed by atoms with Crippen molar-refractivity contribution < 1.29 is 4.74 Å². The Balaban J connectivity index is 1.82. The molecule has 4 nitrogen and oxygen atoms in total. The lowest BCUT2D eigenvalue weighted by Gasteiger charge is -2.07. The lowest BCUT2D eigenvalue weighted by Crippen LogP contribution is -2.03. The summed E-state index contributed by atoms with van der Waals surface area (Å²) in [6.45, 7) is 2.03. The second kappa shape index (κ2) is 4.88. The van der Waals surface area contributed by atoms with E-state index in [1.807, 2.05) is 31.2 Å². The highest BCUT2D eigenvalue weighted by Crippen LogP contribution is 2.26. The fourth-order valence-corrected chi connectivity index (χ4v) is 2.04. The Morgan fingerprint density at radius 3 is 2.58 bits per heavy atom. The molecule has 4 heteroatoms. The van der Waals surface area contributed by atoms with Crippen LogP contribution in [0.4, 0.5) is 5.82 Å². The van der Waals surface area contributed by atoms with E-state index < -0.39 is 0 Å². The highest BCUT2D eigenvalue weighted by molar-refractivity contribution is 5.62. The second-order valence-corrected chi connectivity index (χ2v) is 4.91. The topological polar surface area (TPSA) is 47.0 Å². The maximum atomic E-state index is 5.26. The van der Waals surface area contributed by atoms with Gasteiger partial charge in [-0.3, -0.25) is 0 Å². The van der Waals surface area contributed by atoms with E-state index >= 15 is 0 Å². The van der Waals surface area contributed by atoms with Gasteiger partial charge >= 0.3 is 0 Å². The molecule has 2 aromatic rings. The first-order valence-electron chi connectivity index (χ1n) is 6.51. The van der Waals surface area contributed by atoms with E-state index in [1.165, 1.54) is 12.8 Å². The molecule has 1 heterocycles. The van der Waals surface area contributed by atoms with Crippen LogP contribution in [-0.4, -0.2) is 23.3 Å². The van der Waals surface area contributed by atoms with Crippen molar-refractivity contribution in [3.63, 3.8) is 0 Å². The maximum Gasteiger partial charge on any atom is 0.148 e. The Kier molecular flexibility index (Phi) is 3.07. The molecular weight excluding hydrogens is 238 g/mol. The third-order valence-corrected chi connectivity index (χ3v) is 3.28. The van der Waals surface area contributed by atoms with Gasteiger partial charge in [0.2, 0.25) is 0 Å². The summed E-state index contributed by atoms with van der Waals surface area (Å²) in [6, 6.07) is 10.6. The molecule has 1 aromatic carbocycles. The third kappa shape index (κ3) is 2.67. The number of methoxy groups -OCH3 is 1.